The van der Waals surface area contributed by atoms with Gasteiger partial charge in [0, 0.05) is 38.3 Å². The third-order valence-electron chi connectivity index (χ3n) is 5.54. The second-order valence-electron chi connectivity index (χ2n) is 7.73. The van der Waals surface area contributed by atoms with Crippen LogP contribution >= 0.6 is 11.8 Å². The first-order chi connectivity index (χ1) is 15.7. The Balaban J connectivity index is 1.29. The van der Waals surface area contributed by atoms with E-state index in [9.17, 15) is 4.79 Å². The zero-order valence-corrected chi connectivity index (χ0v) is 19.4. The lowest BCUT2D eigenvalue weighted by atomic mass is 10.1. The van der Waals surface area contributed by atoms with E-state index in [0.717, 1.165) is 35.2 Å². The fraction of sp³-hybridized carbons (Fsp3) is 0.360. The van der Waals surface area contributed by atoms with Gasteiger partial charge < -0.3 is 14.4 Å². The van der Waals surface area contributed by atoms with Gasteiger partial charge >= 0.3 is 0 Å². The van der Waals surface area contributed by atoms with Crippen LogP contribution in [0.15, 0.2) is 66.1 Å². The molecule has 0 unspecified atom stereocenters. The molecule has 6 nitrogen and oxygen atoms in total. The van der Waals surface area contributed by atoms with Gasteiger partial charge in [-0.2, -0.15) is 0 Å². The van der Waals surface area contributed by atoms with Crippen molar-refractivity contribution in [1.29, 1.82) is 0 Å². The Morgan fingerprint density at radius 3 is 2.56 bits per heavy atom. The molecular weight excluding hydrogens is 422 g/mol. The summed E-state index contributed by atoms with van der Waals surface area (Å²) in [6.45, 7) is 6.05. The van der Waals surface area contributed by atoms with E-state index >= 15 is 0 Å². The summed E-state index contributed by atoms with van der Waals surface area (Å²) in [6.07, 6.45) is 5.44. The summed E-state index contributed by atoms with van der Waals surface area (Å²) in [5.41, 5.74) is 2.26. The topological polar surface area (TPSA) is 56.6 Å². The van der Waals surface area contributed by atoms with Crippen molar-refractivity contribution in [3.05, 3.63) is 66.5 Å². The van der Waals surface area contributed by atoms with Crippen LogP contribution in [-0.4, -0.2) is 51.9 Å². The monoisotopic (exact) mass is 451 g/mol. The fourth-order valence-electron chi connectivity index (χ4n) is 3.86. The predicted molar refractivity (Wildman–Crippen MR) is 127 cm³/mol. The highest BCUT2D eigenvalue weighted by molar-refractivity contribution is 7.99. The number of nitrogens with zero attached hydrogens (tertiary/aromatic N) is 3. The number of amides is 1. The van der Waals surface area contributed by atoms with Crippen LogP contribution in [0, 0.1) is 6.92 Å². The van der Waals surface area contributed by atoms with Gasteiger partial charge in [-0.15, -0.1) is 0 Å². The Kier molecular flexibility index (Phi) is 7.37. The fourth-order valence-corrected chi connectivity index (χ4v) is 4.72. The number of piperidine rings is 1. The first-order valence-electron chi connectivity index (χ1n) is 11.0. The van der Waals surface area contributed by atoms with Crippen LogP contribution in [0.5, 0.6) is 11.5 Å². The molecule has 1 saturated heterocycles. The third-order valence-corrected chi connectivity index (χ3v) is 6.50. The first kappa shape index (κ1) is 22.3. The van der Waals surface area contributed by atoms with Crippen molar-refractivity contribution in [2.24, 2.45) is 0 Å². The smallest absolute Gasteiger partial charge is 0.233 e. The van der Waals surface area contributed by atoms with Crippen molar-refractivity contribution in [2.75, 3.05) is 25.4 Å². The molecule has 4 rings (SSSR count). The number of para-hydroxylation sites is 3. The Labute approximate surface area is 193 Å². The molecule has 2 heterocycles. The van der Waals surface area contributed by atoms with Gasteiger partial charge in [0.25, 0.3) is 0 Å². The van der Waals surface area contributed by atoms with E-state index < -0.39 is 0 Å². The van der Waals surface area contributed by atoms with Gasteiger partial charge in [-0.25, -0.2) is 4.98 Å². The number of aryl methyl sites for hydroxylation is 1. The summed E-state index contributed by atoms with van der Waals surface area (Å²) in [6, 6.07) is 15.9. The number of hydrogen-bond acceptors (Lipinski definition) is 5. The lowest BCUT2D eigenvalue weighted by molar-refractivity contribution is -0.130. The van der Waals surface area contributed by atoms with Crippen molar-refractivity contribution in [2.45, 2.75) is 37.9 Å². The lowest BCUT2D eigenvalue weighted by Crippen LogP contribution is -2.42. The number of carbonyl (C=O) groups is 1. The number of aromatic nitrogens is 2. The molecule has 0 spiro atoms. The van der Waals surface area contributed by atoms with Crippen LogP contribution in [-0.2, 0) is 4.79 Å². The second kappa shape index (κ2) is 10.6. The van der Waals surface area contributed by atoms with Gasteiger partial charge in [0.1, 0.15) is 6.10 Å². The quantitative estimate of drug-likeness (QED) is 0.463. The summed E-state index contributed by atoms with van der Waals surface area (Å²) in [5.74, 6) is 2.07. The number of imidazole rings is 1. The van der Waals surface area contributed by atoms with Gasteiger partial charge in [-0.05, 0) is 37.6 Å². The van der Waals surface area contributed by atoms with E-state index in [-0.39, 0.29) is 12.0 Å². The zero-order chi connectivity index (χ0) is 22.3. The highest BCUT2D eigenvalue weighted by atomic mass is 32.2. The van der Waals surface area contributed by atoms with E-state index in [1.54, 1.807) is 6.20 Å². The average molecular weight is 452 g/mol. The van der Waals surface area contributed by atoms with Crippen LogP contribution in [0.4, 0.5) is 0 Å². The average Bonchev–Trinajstić information content (AvgIpc) is 3.28. The number of benzene rings is 2. The van der Waals surface area contributed by atoms with Crippen LogP contribution in [0.2, 0.25) is 0 Å². The first-order valence-corrected chi connectivity index (χ1v) is 12.0. The minimum atomic E-state index is 0.0910. The summed E-state index contributed by atoms with van der Waals surface area (Å²) in [7, 11) is 0. The van der Waals surface area contributed by atoms with E-state index in [0.29, 0.717) is 25.4 Å². The summed E-state index contributed by atoms with van der Waals surface area (Å²) < 4.78 is 13.9. The molecule has 0 atom stereocenters. The minimum absolute atomic E-state index is 0.0910. The molecule has 32 heavy (non-hydrogen) atoms. The van der Waals surface area contributed by atoms with E-state index in [1.807, 2.05) is 59.0 Å². The molecule has 0 N–H and O–H groups in total. The number of hydrogen-bond donors (Lipinski definition) is 0. The van der Waals surface area contributed by atoms with Crippen molar-refractivity contribution in [3.63, 3.8) is 0 Å². The Morgan fingerprint density at radius 2 is 1.81 bits per heavy atom. The summed E-state index contributed by atoms with van der Waals surface area (Å²) in [4.78, 5) is 19.2. The zero-order valence-electron chi connectivity index (χ0n) is 18.6. The molecule has 3 aromatic rings. The SMILES string of the molecule is CCOc1ccccc1OC1CCN(C(=O)CSc2nccn2-c2ccccc2C)CC1. The standard InChI is InChI=1S/C25H29N3O3S/c1-3-30-22-10-6-7-11-23(22)31-20-12-15-27(16-13-20)24(29)18-32-25-26-14-17-28(25)21-9-5-4-8-19(21)2/h4-11,14,17,20H,3,12-13,15-16,18H2,1-2H3. The molecule has 168 valence electrons. The summed E-state index contributed by atoms with van der Waals surface area (Å²) in [5, 5.41) is 0.832. The van der Waals surface area contributed by atoms with Crippen molar-refractivity contribution >= 4 is 17.7 Å². The normalized spacial score (nSPS) is 14.4. The van der Waals surface area contributed by atoms with Gasteiger partial charge in [0.2, 0.25) is 5.91 Å². The molecule has 0 aliphatic carbocycles. The largest absolute Gasteiger partial charge is 0.490 e. The molecule has 2 aromatic carbocycles. The Hall–Kier alpha value is -2.93. The van der Waals surface area contributed by atoms with Crippen LogP contribution in [0.3, 0.4) is 0 Å². The molecule has 1 amide bonds. The molecule has 7 heteroatoms. The van der Waals surface area contributed by atoms with E-state index in [2.05, 4.69) is 24.0 Å². The highest BCUT2D eigenvalue weighted by Crippen LogP contribution is 2.30. The number of carbonyl (C=O) groups excluding carboxylic acids is 1. The molecule has 1 fully saturated rings. The van der Waals surface area contributed by atoms with Crippen molar-refractivity contribution < 1.29 is 14.3 Å². The molecule has 1 aromatic heterocycles. The number of ether oxygens (including phenoxy) is 2. The Bertz CT molecular complexity index is 1040. The van der Waals surface area contributed by atoms with Crippen LogP contribution in [0.25, 0.3) is 5.69 Å². The molecule has 1 aliphatic rings. The van der Waals surface area contributed by atoms with Gasteiger partial charge in [0.15, 0.2) is 16.7 Å². The second-order valence-corrected chi connectivity index (χ2v) is 8.68. The summed E-state index contributed by atoms with van der Waals surface area (Å²) >= 11 is 1.48. The van der Waals surface area contributed by atoms with Crippen molar-refractivity contribution in [3.8, 4) is 17.2 Å². The van der Waals surface area contributed by atoms with Crippen LogP contribution < -0.4 is 9.47 Å². The predicted octanol–water partition coefficient (Wildman–Crippen LogP) is 4.74. The van der Waals surface area contributed by atoms with Gasteiger partial charge in [0.05, 0.1) is 18.0 Å². The molecule has 0 radical (unpaired) electrons. The maximum absolute atomic E-state index is 12.8. The minimum Gasteiger partial charge on any atom is -0.490 e. The van der Waals surface area contributed by atoms with Crippen LogP contribution in [0.1, 0.15) is 25.3 Å². The molecular formula is C25H29N3O3S. The number of likely N-dealkylation sites (tertiary alicyclic amines) is 1. The third kappa shape index (κ3) is 5.27. The Morgan fingerprint density at radius 1 is 1.09 bits per heavy atom. The maximum atomic E-state index is 12.8. The maximum Gasteiger partial charge on any atom is 0.233 e. The number of thioether (sulfide) groups is 1. The number of rotatable bonds is 8. The molecule has 0 saturated carbocycles. The highest BCUT2D eigenvalue weighted by Gasteiger charge is 2.25. The molecule has 1 aliphatic heterocycles. The van der Waals surface area contributed by atoms with E-state index in [4.69, 9.17) is 9.47 Å². The van der Waals surface area contributed by atoms with Gasteiger partial charge in [-0.1, -0.05) is 42.1 Å². The lowest BCUT2D eigenvalue weighted by Gasteiger charge is -2.32. The van der Waals surface area contributed by atoms with E-state index in [1.165, 1.54) is 17.3 Å². The van der Waals surface area contributed by atoms with Crippen molar-refractivity contribution in [1.82, 2.24) is 14.5 Å². The molecule has 0 bridgehead atoms. The van der Waals surface area contributed by atoms with Gasteiger partial charge in [-0.3, -0.25) is 9.36 Å².